The average Bonchev–Trinajstić information content (AvgIpc) is 2.51. The molecule has 0 spiro atoms. The van der Waals surface area contributed by atoms with E-state index in [2.05, 4.69) is 5.32 Å². The first kappa shape index (κ1) is 11.4. The Morgan fingerprint density at radius 3 is 2.86 bits per heavy atom. The van der Waals surface area contributed by atoms with E-state index in [1.165, 1.54) is 0 Å². The van der Waals surface area contributed by atoms with Crippen molar-refractivity contribution in [1.29, 1.82) is 0 Å². The van der Waals surface area contributed by atoms with E-state index in [1.54, 1.807) is 0 Å². The molecule has 1 saturated heterocycles. The molecule has 1 aliphatic heterocycles. The number of carbonyl (C=O) groups excluding carboxylic acids is 2. The zero-order valence-electron chi connectivity index (χ0n) is 7.19. The van der Waals surface area contributed by atoms with Crippen molar-refractivity contribution in [3.63, 3.8) is 0 Å². The molecule has 1 heterocycles. The number of carbonyl (C=O) groups is 3. The van der Waals surface area contributed by atoms with Crippen LogP contribution in [0, 0.1) is 0 Å². The minimum atomic E-state index is -0.921. The Balaban J connectivity index is 2.22. The lowest BCUT2D eigenvalue weighted by atomic mass is 10.4. The molecular weight excluding hydrogens is 226 g/mol. The average molecular weight is 235 g/mol. The summed E-state index contributed by atoms with van der Waals surface area (Å²) in [5.41, 5.74) is 0. The van der Waals surface area contributed by atoms with Gasteiger partial charge in [0.05, 0.1) is 6.42 Å². The van der Waals surface area contributed by atoms with Gasteiger partial charge in [-0.2, -0.15) is 0 Å². The summed E-state index contributed by atoms with van der Waals surface area (Å²) in [5, 5.41) is 10.5. The van der Waals surface area contributed by atoms with Crippen LogP contribution in [0.5, 0.6) is 0 Å². The Bertz CT molecular complexity index is 268. The van der Waals surface area contributed by atoms with Gasteiger partial charge in [0, 0.05) is 11.5 Å². The highest BCUT2D eigenvalue weighted by Gasteiger charge is 2.27. The van der Waals surface area contributed by atoms with Gasteiger partial charge in [-0.05, 0) is 0 Å². The van der Waals surface area contributed by atoms with Crippen LogP contribution in [0.15, 0.2) is 0 Å². The van der Waals surface area contributed by atoms with Crippen LogP contribution in [0.25, 0.3) is 0 Å². The maximum absolute atomic E-state index is 11.3. The summed E-state index contributed by atoms with van der Waals surface area (Å²) in [7, 11) is 0. The van der Waals surface area contributed by atoms with E-state index in [0.717, 1.165) is 23.5 Å². The molecule has 1 atom stereocenters. The third-order valence-electron chi connectivity index (χ3n) is 1.52. The molecule has 14 heavy (non-hydrogen) atoms. The van der Waals surface area contributed by atoms with Crippen LogP contribution < -0.4 is 5.32 Å². The molecule has 7 heteroatoms. The van der Waals surface area contributed by atoms with Gasteiger partial charge in [-0.3, -0.25) is 14.4 Å². The smallest absolute Gasteiger partial charge is 0.304 e. The van der Waals surface area contributed by atoms with Crippen molar-refractivity contribution in [2.75, 3.05) is 11.5 Å². The van der Waals surface area contributed by atoms with Gasteiger partial charge in [0.25, 0.3) is 5.24 Å². The van der Waals surface area contributed by atoms with Crippen molar-refractivity contribution in [3.8, 4) is 0 Å². The molecule has 0 aliphatic carbocycles. The fourth-order valence-electron chi connectivity index (χ4n) is 0.851. The van der Waals surface area contributed by atoms with E-state index in [1.807, 2.05) is 0 Å². The van der Waals surface area contributed by atoms with Gasteiger partial charge in [0.2, 0.25) is 5.12 Å². The fourth-order valence-corrected chi connectivity index (χ4v) is 2.56. The Labute approximate surface area is 89.0 Å². The first-order valence-corrected chi connectivity index (χ1v) is 5.88. The maximum Gasteiger partial charge on any atom is 0.304 e. The number of nitrogens with one attached hydrogen (secondary N) is 1. The quantitative estimate of drug-likeness (QED) is 0.740. The predicted octanol–water partition coefficient (Wildman–Crippen LogP) is 0.546. The highest BCUT2D eigenvalue weighted by molar-refractivity contribution is 8.15. The van der Waals surface area contributed by atoms with E-state index in [4.69, 9.17) is 5.11 Å². The monoisotopic (exact) mass is 235 g/mol. The zero-order chi connectivity index (χ0) is 10.6. The number of hydrogen-bond acceptors (Lipinski definition) is 5. The molecule has 78 valence electrons. The van der Waals surface area contributed by atoms with Crippen molar-refractivity contribution in [2.24, 2.45) is 0 Å². The van der Waals surface area contributed by atoms with Gasteiger partial charge in [-0.1, -0.05) is 23.5 Å². The number of thioether (sulfide) groups is 2. The predicted molar refractivity (Wildman–Crippen MR) is 54.5 cm³/mol. The second kappa shape index (κ2) is 5.26. The molecule has 0 aromatic carbocycles. The summed E-state index contributed by atoms with van der Waals surface area (Å²) in [4.78, 5) is 32.2. The molecule has 0 saturated carbocycles. The molecule has 1 amide bonds. The highest BCUT2D eigenvalue weighted by atomic mass is 32.2. The Morgan fingerprint density at radius 2 is 2.36 bits per heavy atom. The van der Waals surface area contributed by atoms with Crippen LogP contribution in [0.2, 0.25) is 0 Å². The standard InChI is InChI=1S/C7H9NO4S2/c9-5(10)1-2-13-6(11)4-3-14-7(12)8-4/h4H,1-3H2,(H,8,12)(H,9,10). The molecule has 0 aromatic heterocycles. The lowest BCUT2D eigenvalue weighted by Gasteiger charge is -2.05. The summed E-state index contributed by atoms with van der Waals surface area (Å²) in [6.07, 6.45) is -0.0375. The largest absolute Gasteiger partial charge is 0.481 e. The van der Waals surface area contributed by atoms with Crippen molar-refractivity contribution in [2.45, 2.75) is 12.5 Å². The lowest BCUT2D eigenvalue weighted by molar-refractivity contribution is -0.136. The Kier molecular flexibility index (Phi) is 4.27. The van der Waals surface area contributed by atoms with E-state index < -0.39 is 12.0 Å². The molecule has 1 aliphatic rings. The molecule has 1 rings (SSSR count). The third-order valence-corrected chi connectivity index (χ3v) is 3.38. The Hall–Kier alpha value is -0.690. The molecular formula is C7H9NO4S2. The fraction of sp³-hybridized carbons (Fsp3) is 0.571. The first-order chi connectivity index (χ1) is 6.59. The first-order valence-electron chi connectivity index (χ1n) is 3.91. The van der Waals surface area contributed by atoms with E-state index in [-0.39, 0.29) is 22.5 Å². The van der Waals surface area contributed by atoms with Gasteiger partial charge < -0.3 is 10.4 Å². The lowest BCUT2D eigenvalue weighted by Crippen LogP contribution is -2.32. The van der Waals surface area contributed by atoms with Crippen LogP contribution in [0.4, 0.5) is 4.79 Å². The summed E-state index contributed by atoms with van der Waals surface area (Å²) >= 11 is 2.03. The second-order valence-electron chi connectivity index (χ2n) is 2.61. The Morgan fingerprint density at radius 1 is 1.64 bits per heavy atom. The van der Waals surface area contributed by atoms with Gasteiger partial charge in [-0.15, -0.1) is 0 Å². The van der Waals surface area contributed by atoms with Crippen molar-refractivity contribution in [3.05, 3.63) is 0 Å². The van der Waals surface area contributed by atoms with E-state index >= 15 is 0 Å². The number of aliphatic carboxylic acids is 1. The number of rotatable bonds is 4. The second-order valence-corrected chi connectivity index (χ2v) is 4.70. The highest BCUT2D eigenvalue weighted by Crippen LogP contribution is 2.18. The van der Waals surface area contributed by atoms with Gasteiger partial charge in [-0.25, -0.2) is 0 Å². The number of amides is 1. The summed E-state index contributed by atoms with van der Waals surface area (Å²) in [6, 6.07) is -0.453. The molecule has 1 fully saturated rings. The summed E-state index contributed by atoms with van der Waals surface area (Å²) in [6.45, 7) is 0. The van der Waals surface area contributed by atoms with E-state index in [0.29, 0.717) is 5.75 Å². The molecule has 1 unspecified atom stereocenters. The minimum Gasteiger partial charge on any atom is -0.481 e. The topological polar surface area (TPSA) is 83.5 Å². The number of carboxylic acid groups (broad SMARTS) is 1. The van der Waals surface area contributed by atoms with Gasteiger partial charge in [0.1, 0.15) is 6.04 Å². The summed E-state index contributed by atoms with van der Waals surface area (Å²) in [5.74, 6) is -0.224. The van der Waals surface area contributed by atoms with Crippen LogP contribution in [0.1, 0.15) is 6.42 Å². The van der Waals surface area contributed by atoms with Crippen molar-refractivity contribution < 1.29 is 19.5 Å². The molecule has 2 N–H and O–H groups in total. The van der Waals surface area contributed by atoms with Crippen LogP contribution in [-0.4, -0.2) is 39.0 Å². The zero-order valence-corrected chi connectivity index (χ0v) is 8.82. The maximum atomic E-state index is 11.3. The summed E-state index contributed by atoms with van der Waals surface area (Å²) < 4.78 is 0. The van der Waals surface area contributed by atoms with Crippen molar-refractivity contribution >= 4 is 39.8 Å². The SMILES string of the molecule is O=C(O)CCSC(=O)C1CSC(=O)N1. The van der Waals surface area contributed by atoms with Crippen LogP contribution >= 0.6 is 23.5 Å². The van der Waals surface area contributed by atoms with E-state index in [9.17, 15) is 14.4 Å². The van der Waals surface area contributed by atoms with Gasteiger partial charge in [0.15, 0.2) is 0 Å². The molecule has 5 nitrogen and oxygen atoms in total. The number of hydrogen-bond donors (Lipinski definition) is 2. The normalized spacial score (nSPS) is 20.6. The molecule has 0 radical (unpaired) electrons. The van der Waals surface area contributed by atoms with Gasteiger partial charge >= 0.3 is 5.97 Å². The molecule has 0 bridgehead atoms. The van der Waals surface area contributed by atoms with Crippen molar-refractivity contribution in [1.82, 2.24) is 5.32 Å². The van der Waals surface area contributed by atoms with Crippen LogP contribution in [-0.2, 0) is 9.59 Å². The molecule has 0 aromatic rings. The van der Waals surface area contributed by atoms with Crippen LogP contribution in [0.3, 0.4) is 0 Å². The number of carboxylic acids is 1. The minimum absolute atomic E-state index is 0.0375. The third kappa shape index (κ3) is 3.59.